The molecular formula is C16H34IN3O. The van der Waals surface area contributed by atoms with Gasteiger partial charge in [0.1, 0.15) is 0 Å². The fourth-order valence-corrected chi connectivity index (χ4v) is 2.89. The maximum Gasteiger partial charge on any atom is 0.191 e. The van der Waals surface area contributed by atoms with Gasteiger partial charge in [0.25, 0.3) is 0 Å². The van der Waals surface area contributed by atoms with Gasteiger partial charge in [-0.15, -0.1) is 24.0 Å². The number of hydrogen-bond acceptors (Lipinski definition) is 2. The zero-order chi connectivity index (χ0) is 15.2. The number of nitrogens with zero attached hydrogens (tertiary/aromatic N) is 1. The molecule has 3 unspecified atom stereocenters. The van der Waals surface area contributed by atoms with Crippen molar-refractivity contribution < 1.29 is 4.74 Å². The topological polar surface area (TPSA) is 45.7 Å². The maximum atomic E-state index is 5.57. The standard InChI is InChI=1S/C16H33N3O.HI/c1-12-8-7-9-13(10-12)19-15(17-5)18-11-14(20-6)16(2,3)4;/h12-14H,7-11H2,1-6H3,(H2,17,18,19);1H. The van der Waals surface area contributed by atoms with Gasteiger partial charge < -0.3 is 15.4 Å². The Kier molecular flexibility index (Phi) is 9.85. The van der Waals surface area contributed by atoms with Crippen LogP contribution < -0.4 is 10.6 Å². The van der Waals surface area contributed by atoms with Gasteiger partial charge >= 0.3 is 0 Å². The summed E-state index contributed by atoms with van der Waals surface area (Å²) in [5.41, 5.74) is 0.125. The number of hydrogen-bond donors (Lipinski definition) is 2. The van der Waals surface area contributed by atoms with Crippen LogP contribution in [0.15, 0.2) is 4.99 Å². The molecule has 2 N–H and O–H groups in total. The third-order valence-electron chi connectivity index (χ3n) is 4.21. The van der Waals surface area contributed by atoms with E-state index in [1.54, 1.807) is 7.11 Å². The van der Waals surface area contributed by atoms with E-state index in [2.05, 4.69) is 43.3 Å². The van der Waals surface area contributed by atoms with E-state index in [4.69, 9.17) is 4.74 Å². The predicted octanol–water partition coefficient (Wildman–Crippen LogP) is 3.41. The molecule has 4 nitrogen and oxygen atoms in total. The second-order valence-corrected chi connectivity index (χ2v) is 7.16. The lowest BCUT2D eigenvalue weighted by Gasteiger charge is -2.32. The average molecular weight is 411 g/mol. The molecule has 1 rings (SSSR count). The zero-order valence-corrected chi connectivity index (χ0v) is 16.9. The van der Waals surface area contributed by atoms with Gasteiger partial charge in [-0.05, 0) is 24.2 Å². The zero-order valence-electron chi connectivity index (χ0n) is 14.5. The Morgan fingerprint density at radius 3 is 2.48 bits per heavy atom. The molecule has 5 heteroatoms. The number of halogens is 1. The lowest BCUT2D eigenvalue weighted by atomic mass is 9.87. The molecule has 1 saturated carbocycles. The summed E-state index contributed by atoms with van der Waals surface area (Å²) in [6.07, 6.45) is 5.34. The van der Waals surface area contributed by atoms with Gasteiger partial charge in [0.15, 0.2) is 5.96 Å². The summed E-state index contributed by atoms with van der Waals surface area (Å²) in [6, 6.07) is 0.556. The highest BCUT2D eigenvalue weighted by Gasteiger charge is 2.25. The number of methoxy groups -OCH3 is 1. The van der Waals surface area contributed by atoms with Crippen molar-refractivity contribution in [3.63, 3.8) is 0 Å². The molecular weight excluding hydrogens is 377 g/mol. The van der Waals surface area contributed by atoms with Crippen LogP contribution in [0.25, 0.3) is 0 Å². The first kappa shape index (κ1) is 21.0. The molecule has 0 aromatic carbocycles. The van der Waals surface area contributed by atoms with E-state index in [9.17, 15) is 0 Å². The summed E-state index contributed by atoms with van der Waals surface area (Å²) in [7, 11) is 3.61. The van der Waals surface area contributed by atoms with Crippen molar-refractivity contribution in [1.82, 2.24) is 10.6 Å². The third-order valence-corrected chi connectivity index (χ3v) is 4.21. The molecule has 0 amide bonds. The second-order valence-electron chi connectivity index (χ2n) is 7.16. The molecule has 0 radical (unpaired) electrons. The van der Waals surface area contributed by atoms with Crippen LogP contribution in [0, 0.1) is 11.3 Å². The highest BCUT2D eigenvalue weighted by Crippen LogP contribution is 2.23. The van der Waals surface area contributed by atoms with Gasteiger partial charge in [-0.25, -0.2) is 0 Å². The van der Waals surface area contributed by atoms with Crippen molar-refractivity contribution in [1.29, 1.82) is 0 Å². The monoisotopic (exact) mass is 411 g/mol. The van der Waals surface area contributed by atoms with Gasteiger partial charge in [0.05, 0.1) is 6.10 Å². The quantitative estimate of drug-likeness (QED) is 0.424. The van der Waals surface area contributed by atoms with E-state index in [1.807, 2.05) is 7.05 Å². The number of aliphatic imine (C=N–C) groups is 1. The maximum absolute atomic E-state index is 5.57. The van der Waals surface area contributed by atoms with Crippen LogP contribution in [0.4, 0.5) is 0 Å². The van der Waals surface area contributed by atoms with Crippen molar-refractivity contribution >= 4 is 29.9 Å². The van der Waals surface area contributed by atoms with E-state index in [0.29, 0.717) is 6.04 Å². The minimum Gasteiger partial charge on any atom is -0.379 e. The van der Waals surface area contributed by atoms with Crippen molar-refractivity contribution in [2.75, 3.05) is 20.7 Å². The molecule has 1 aliphatic rings. The molecule has 0 aromatic heterocycles. The minimum atomic E-state index is 0. The first-order chi connectivity index (χ1) is 9.36. The van der Waals surface area contributed by atoms with Crippen LogP contribution >= 0.6 is 24.0 Å². The van der Waals surface area contributed by atoms with Crippen molar-refractivity contribution in [3.8, 4) is 0 Å². The van der Waals surface area contributed by atoms with E-state index in [1.165, 1.54) is 25.7 Å². The third kappa shape index (κ3) is 7.68. The summed E-state index contributed by atoms with van der Waals surface area (Å²) in [6.45, 7) is 9.71. The largest absolute Gasteiger partial charge is 0.379 e. The van der Waals surface area contributed by atoms with Crippen molar-refractivity contribution in [3.05, 3.63) is 0 Å². The molecule has 21 heavy (non-hydrogen) atoms. The lowest BCUT2D eigenvalue weighted by Crippen LogP contribution is -2.49. The summed E-state index contributed by atoms with van der Waals surface area (Å²) in [5.74, 6) is 1.72. The molecule has 0 saturated heterocycles. The fraction of sp³-hybridized carbons (Fsp3) is 0.938. The fourth-order valence-electron chi connectivity index (χ4n) is 2.89. The summed E-state index contributed by atoms with van der Waals surface area (Å²) < 4.78 is 5.57. The molecule has 0 aromatic rings. The SMILES string of the molecule is CN=C(NCC(OC)C(C)(C)C)NC1CCCC(C)C1.I. The molecule has 1 fully saturated rings. The number of guanidine groups is 1. The molecule has 126 valence electrons. The molecule has 1 aliphatic carbocycles. The summed E-state index contributed by atoms with van der Waals surface area (Å²) in [4.78, 5) is 4.33. The smallest absolute Gasteiger partial charge is 0.191 e. The van der Waals surface area contributed by atoms with Crippen LogP contribution in [0.2, 0.25) is 0 Å². The van der Waals surface area contributed by atoms with Gasteiger partial charge in [0.2, 0.25) is 0 Å². The molecule has 0 aliphatic heterocycles. The summed E-state index contributed by atoms with van der Waals surface area (Å²) in [5, 5.41) is 6.95. The Labute approximate surface area is 147 Å². The van der Waals surface area contributed by atoms with Crippen LogP contribution in [-0.4, -0.2) is 38.8 Å². The highest BCUT2D eigenvalue weighted by atomic mass is 127. The van der Waals surface area contributed by atoms with Crippen LogP contribution in [-0.2, 0) is 4.74 Å². The average Bonchev–Trinajstić information content (AvgIpc) is 2.36. The molecule has 0 heterocycles. The summed E-state index contributed by atoms with van der Waals surface area (Å²) >= 11 is 0. The highest BCUT2D eigenvalue weighted by molar-refractivity contribution is 14.0. The Morgan fingerprint density at radius 2 is 2.00 bits per heavy atom. The molecule has 0 spiro atoms. The van der Waals surface area contributed by atoms with E-state index in [0.717, 1.165) is 18.4 Å². The van der Waals surface area contributed by atoms with Gasteiger partial charge in [-0.1, -0.05) is 40.5 Å². The minimum absolute atomic E-state index is 0. The Balaban J connectivity index is 0.00000400. The van der Waals surface area contributed by atoms with Crippen LogP contribution in [0.3, 0.4) is 0 Å². The first-order valence-corrected chi connectivity index (χ1v) is 7.86. The van der Waals surface area contributed by atoms with Crippen LogP contribution in [0.5, 0.6) is 0 Å². The van der Waals surface area contributed by atoms with Crippen molar-refractivity contribution in [2.24, 2.45) is 16.3 Å². The Hall–Kier alpha value is -0.0400. The van der Waals surface area contributed by atoms with E-state index in [-0.39, 0.29) is 35.5 Å². The molecule has 3 atom stereocenters. The Bertz CT molecular complexity index is 315. The number of ether oxygens (including phenoxy) is 1. The second kappa shape index (κ2) is 9.87. The lowest BCUT2D eigenvalue weighted by molar-refractivity contribution is 0.0205. The predicted molar refractivity (Wildman–Crippen MR) is 102 cm³/mol. The first-order valence-electron chi connectivity index (χ1n) is 7.86. The number of nitrogens with one attached hydrogen (secondary N) is 2. The van der Waals surface area contributed by atoms with Gasteiger partial charge in [0, 0.05) is 26.7 Å². The number of rotatable bonds is 4. The van der Waals surface area contributed by atoms with Gasteiger partial charge in [-0.3, -0.25) is 4.99 Å². The van der Waals surface area contributed by atoms with Gasteiger partial charge in [-0.2, -0.15) is 0 Å². The van der Waals surface area contributed by atoms with Crippen molar-refractivity contribution in [2.45, 2.75) is 65.5 Å². The van der Waals surface area contributed by atoms with E-state index < -0.39 is 0 Å². The Morgan fingerprint density at radius 1 is 1.33 bits per heavy atom. The molecule has 0 bridgehead atoms. The normalized spacial score (nSPS) is 25.0. The van der Waals surface area contributed by atoms with E-state index >= 15 is 0 Å². The van der Waals surface area contributed by atoms with Crippen LogP contribution in [0.1, 0.15) is 53.4 Å².